The van der Waals surface area contributed by atoms with E-state index in [1.54, 1.807) is 0 Å². The maximum atomic E-state index is 6.13. The Hall–Kier alpha value is -0.340. The summed E-state index contributed by atoms with van der Waals surface area (Å²) in [6.45, 7) is 2.17. The maximum absolute atomic E-state index is 6.13. The Balaban J connectivity index is 2.14. The minimum atomic E-state index is 0.409. The fourth-order valence-electron chi connectivity index (χ4n) is 2.17. The molecule has 1 heterocycles. The number of aryl methyl sites for hydroxylation is 1. The van der Waals surface area contributed by atoms with Crippen LogP contribution in [0.15, 0.2) is 12.1 Å². The normalized spacial score (nSPS) is 29.1. The zero-order chi connectivity index (χ0) is 9.26. The fourth-order valence-corrected chi connectivity index (χ4v) is 3.25. The molecule has 1 aromatic heterocycles. The van der Waals surface area contributed by atoms with E-state index in [9.17, 15) is 0 Å². The molecule has 1 nitrogen and oxygen atoms in total. The second-order valence-electron chi connectivity index (χ2n) is 4.00. The van der Waals surface area contributed by atoms with Crippen LogP contribution in [0.3, 0.4) is 0 Å². The molecule has 0 radical (unpaired) electrons. The van der Waals surface area contributed by atoms with Gasteiger partial charge >= 0.3 is 0 Å². The molecule has 0 unspecified atom stereocenters. The zero-order valence-corrected chi connectivity index (χ0v) is 8.94. The lowest BCUT2D eigenvalue weighted by atomic mass is 9.84. The van der Waals surface area contributed by atoms with Crippen molar-refractivity contribution in [3.05, 3.63) is 21.9 Å². The van der Waals surface area contributed by atoms with Gasteiger partial charge in [0.05, 0.1) is 0 Å². The first-order valence-corrected chi connectivity index (χ1v) is 5.91. The maximum Gasteiger partial charge on any atom is 0.0116 e. The molecular weight excluding hydrogens is 178 g/mol. The number of thiophene rings is 1. The third-order valence-corrected chi connectivity index (χ3v) is 4.08. The van der Waals surface area contributed by atoms with Crippen LogP contribution in [0.5, 0.6) is 0 Å². The highest BCUT2D eigenvalue weighted by molar-refractivity contribution is 7.12. The summed E-state index contributed by atoms with van der Waals surface area (Å²) < 4.78 is 0. The average molecular weight is 195 g/mol. The first-order valence-electron chi connectivity index (χ1n) is 5.09. The van der Waals surface area contributed by atoms with Crippen LogP contribution in [0.25, 0.3) is 0 Å². The van der Waals surface area contributed by atoms with Crippen LogP contribution < -0.4 is 5.73 Å². The van der Waals surface area contributed by atoms with Gasteiger partial charge < -0.3 is 5.73 Å². The molecule has 0 aliphatic heterocycles. The third-order valence-electron chi connectivity index (χ3n) is 2.95. The van der Waals surface area contributed by atoms with E-state index < -0.39 is 0 Å². The topological polar surface area (TPSA) is 26.0 Å². The van der Waals surface area contributed by atoms with Crippen molar-refractivity contribution in [2.45, 2.75) is 44.6 Å². The molecule has 2 heteroatoms. The summed E-state index contributed by atoms with van der Waals surface area (Å²) >= 11 is 1.92. The van der Waals surface area contributed by atoms with Gasteiger partial charge in [0, 0.05) is 21.7 Å². The van der Waals surface area contributed by atoms with Gasteiger partial charge in [0.1, 0.15) is 0 Å². The predicted octanol–water partition coefficient (Wildman–Crippen LogP) is 3.04. The standard InChI is InChI=1S/C11H17NS/c1-8-6-7-11(13-8)9-4-2-3-5-10(9)12/h6-7,9-10H,2-5,12H2,1H3/t9-,10+/m0/s1. The Kier molecular flexibility index (Phi) is 2.70. The molecule has 1 aromatic rings. The zero-order valence-electron chi connectivity index (χ0n) is 8.12. The number of hydrogen-bond donors (Lipinski definition) is 1. The van der Waals surface area contributed by atoms with Crippen LogP contribution in [0, 0.1) is 6.92 Å². The summed E-state index contributed by atoms with van der Waals surface area (Å²) in [5, 5.41) is 0. The van der Waals surface area contributed by atoms with Crippen molar-refractivity contribution in [1.82, 2.24) is 0 Å². The summed E-state index contributed by atoms with van der Waals surface area (Å²) in [5.74, 6) is 0.646. The SMILES string of the molecule is Cc1ccc([C@H]2CCCC[C@H]2N)s1. The van der Waals surface area contributed by atoms with Crippen LogP contribution in [0.1, 0.15) is 41.4 Å². The molecule has 0 saturated heterocycles. The summed E-state index contributed by atoms with van der Waals surface area (Å²) in [6, 6.07) is 4.88. The van der Waals surface area contributed by atoms with Gasteiger partial charge in [-0.2, -0.15) is 0 Å². The van der Waals surface area contributed by atoms with Crippen LogP contribution in [0.2, 0.25) is 0 Å². The molecule has 0 spiro atoms. The molecular formula is C11H17NS. The molecule has 0 bridgehead atoms. The quantitative estimate of drug-likeness (QED) is 0.732. The molecule has 0 aromatic carbocycles. The highest BCUT2D eigenvalue weighted by atomic mass is 32.1. The van der Waals surface area contributed by atoms with Crippen LogP contribution in [0.4, 0.5) is 0 Å². The highest BCUT2D eigenvalue weighted by Gasteiger charge is 2.24. The summed E-state index contributed by atoms with van der Waals surface area (Å²) in [4.78, 5) is 2.91. The number of rotatable bonds is 1. The molecule has 1 fully saturated rings. The van der Waals surface area contributed by atoms with Gasteiger partial charge in [-0.3, -0.25) is 0 Å². The van der Waals surface area contributed by atoms with E-state index in [4.69, 9.17) is 5.73 Å². The van der Waals surface area contributed by atoms with E-state index in [0.717, 1.165) is 0 Å². The largest absolute Gasteiger partial charge is 0.327 e. The van der Waals surface area contributed by atoms with Gasteiger partial charge in [-0.15, -0.1) is 11.3 Å². The van der Waals surface area contributed by atoms with E-state index in [-0.39, 0.29) is 0 Å². The monoisotopic (exact) mass is 195 g/mol. The van der Waals surface area contributed by atoms with Crippen molar-refractivity contribution in [2.24, 2.45) is 5.73 Å². The lowest BCUT2D eigenvalue weighted by molar-refractivity contribution is 0.389. The van der Waals surface area contributed by atoms with Crippen molar-refractivity contribution in [2.75, 3.05) is 0 Å². The van der Waals surface area contributed by atoms with Crippen molar-refractivity contribution >= 4 is 11.3 Å². The molecule has 72 valence electrons. The van der Waals surface area contributed by atoms with Gasteiger partial charge in [-0.05, 0) is 31.9 Å². The minimum absolute atomic E-state index is 0.409. The van der Waals surface area contributed by atoms with Crippen LogP contribution in [-0.2, 0) is 0 Å². The predicted molar refractivity (Wildman–Crippen MR) is 58.2 cm³/mol. The van der Waals surface area contributed by atoms with E-state index in [2.05, 4.69) is 19.1 Å². The minimum Gasteiger partial charge on any atom is -0.327 e. The number of hydrogen-bond acceptors (Lipinski definition) is 2. The van der Waals surface area contributed by atoms with E-state index in [1.165, 1.54) is 35.4 Å². The van der Waals surface area contributed by atoms with Gasteiger partial charge in [-0.25, -0.2) is 0 Å². The molecule has 2 atom stereocenters. The molecule has 13 heavy (non-hydrogen) atoms. The van der Waals surface area contributed by atoms with Gasteiger partial charge in [0.2, 0.25) is 0 Å². The van der Waals surface area contributed by atoms with Crippen molar-refractivity contribution in [3.63, 3.8) is 0 Å². The highest BCUT2D eigenvalue weighted by Crippen LogP contribution is 2.35. The Morgan fingerprint density at radius 1 is 1.31 bits per heavy atom. The Bertz CT molecular complexity index is 279. The van der Waals surface area contributed by atoms with E-state index in [1.807, 2.05) is 11.3 Å². The Morgan fingerprint density at radius 3 is 2.69 bits per heavy atom. The molecule has 2 rings (SSSR count). The first-order chi connectivity index (χ1) is 6.27. The van der Waals surface area contributed by atoms with Gasteiger partial charge in [-0.1, -0.05) is 12.8 Å². The number of nitrogens with two attached hydrogens (primary N) is 1. The molecule has 2 N–H and O–H groups in total. The summed E-state index contributed by atoms with van der Waals surface area (Å²) in [7, 11) is 0. The first kappa shape index (κ1) is 9.22. The second-order valence-corrected chi connectivity index (χ2v) is 5.32. The molecule has 1 aliphatic carbocycles. The second kappa shape index (κ2) is 3.81. The van der Waals surface area contributed by atoms with E-state index >= 15 is 0 Å². The third kappa shape index (κ3) is 1.94. The molecule has 0 amide bonds. The lowest BCUT2D eigenvalue weighted by Crippen LogP contribution is -2.30. The molecule has 1 aliphatic rings. The van der Waals surface area contributed by atoms with E-state index in [0.29, 0.717) is 12.0 Å². The van der Waals surface area contributed by atoms with Crippen molar-refractivity contribution in [3.8, 4) is 0 Å². The Labute approximate surface area is 84.0 Å². The summed E-state index contributed by atoms with van der Waals surface area (Å²) in [5.41, 5.74) is 6.13. The smallest absolute Gasteiger partial charge is 0.0116 e. The van der Waals surface area contributed by atoms with Crippen LogP contribution in [-0.4, -0.2) is 6.04 Å². The van der Waals surface area contributed by atoms with Gasteiger partial charge in [0.15, 0.2) is 0 Å². The summed E-state index contributed by atoms with van der Waals surface area (Å²) in [6.07, 6.45) is 5.18. The Morgan fingerprint density at radius 2 is 2.08 bits per heavy atom. The lowest BCUT2D eigenvalue weighted by Gasteiger charge is -2.27. The van der Waals surface area contributed by atoms with Gasteiger partial charge in [0.25, 0.3) is 0 Å². The van der Waals surface area contributed by atoms with Crippen molar-refractivity contribution in [1.29, 1.82) is 0 Å². The van der Waals surface area contributed by atoms with Crippen molar-refractivity contribution < 1.29 is 0 Å². The van der Waals surface area contributed by atoms with Crippen LogP contribution >= 0.6 is 11.3 Å². The fraction of sp³-hybridized carbons (Fsp3) is 0.636. The molecule has 1 saturated carbocycles. The average Bonchev–Trinajstić information content (AvgIpc) is 2.53.